The summed E-state index contributed by atoms with van der Waals surface area (Å²) in [6, 6.07) is 3.30. The highest BCUT2D eigenvalue weighted by molar-refractivity contribution is 7.56. The lowest BCUT2D eigenvalue weighted by atomic mass is 10.3. The van der Waals surface area contributed by atoms with Crippen molar-refractivity contribution in [3.8, 4) is 0 Å². The van der Waals surface area contributed by atoms with E-state index >= 15 is 0 Å². The van der Waals surface area contributed by atoms with Crippen molar-refractivity contribution < 1.29 is 23.2 Å². The van der Waals surface area contributed by atoms with Crippen LogP contribution in [0.1, 0.15) is 30.4 Å². The molecule has 112 valence electrons. The molecule has 8 heteroatoms. The van der Waals surface area contributed by atoms with Gasteiger partial charge in [-0.2, -0.15) is 0 Å². The topological polar surface area (TPSA) is 81.7 Å². The van der Waals surface area contributed by atoms with Crippen LogP contribution in [0.25, 0.3) is 0 Å². The maximum absolute atomic E-state index is 12.7. The standard InChI is InChI=1S/C12H18NO5PS/c1-4-17-19(16,18-5-2)12(13-9(3)14)11(15)10-7-6-8-20-10/h6-8,12H,4-5H2,1-3H3,(H,13,14)/t12-/m0/s1. The molecule has 20 heavy (non-hydrogen) atoms. The monoisotopic (exact) mass is 319 g/mol. The smallest absolute Gasteiger partial charge is 0.336 e. The zero-order chi connectivity index (χ0) is 15.2. The van der Waals surface area contributed by atoms with Crippen LogP contribution in [0.5, 0.6) is 0 Å². The Morgan fingerprint density at radius 2 is 1.95 bits per heavy atom. The van der Waals surface area contributed by atoms with E-state index < -0.39 is 25.1 Å². The SMILES string of the molecule is CCOP(=O)(OCC)[C@H](NC(C)=O)C(=O)c1cccs1. The number of rotatable bonds is 8. The van der Waals surface area contributed by atoms with Gasteiger partial charge in [-0.1, -0.05) is 6.07 Å². The summed E-state index contributed by atoms with van der Waals surface area (Å²) in [5, 5.41) is 4.11. The molecule has 0 fully saturated rings. The molecule has 0 saturated heterocycles. The first-order valence-corrected chi connectivity index (χ1v) is 8.67. The maximum Gasteiger partial charge on any atom is 0.360 e. The number of hydrogen-bond donors (Lipinski definition) is 1. The normalized spacial score (nSPS) is 12.9. The first kappa shape index (κ1) is 17.0. The molecule has 0 saturated carbocycles. The molecule has 1 atom stereocenters. The highest BCUT2D eigenvalue weighted by Crippen LogP contribution is 2.53. The summed E-state index contributed by atoms with van der Waals surface area (Å²) >= 11 is 1.21. The molecule has 1 N–H and O–H groups in total. The van der Waals surface area contributed by atoms with Gasteiger partial charge in [0.15, 0.2) is 5.78 Å². The highest BCUT2D eigenvalue weighted by atomic mass is 32.1. The molecule has 0 radical (unpaired) electrons. The van der Waals surface area contributed by atoms with Crippen LogP contribution >= 0.6 is 18.9 Å². The molecule has 0 aliphatic heterocycles. The minimum Gasteiger partial charge on any atom is -0.336 e. The molecule has 1 aromatic rings. The van der Waals surface area contributed by atoms with Crippen molar-refractivity contribution in [3.63, 3.8) is 0 Å². The maximum atomic E-state index is 12.7. The molecule has 0 bridgehead atoms. The van der Waals surface area contributed by atoms with Gasteiger partial charge in [0.2, 0.25) is 11.7 Å². The van der Waals surface area contributed by atoms with Crippen LogP contribution in [0.2, 0.25) is 0 Å². The van der Waals surface area contributed by atoms with Gasteiger partial charge in [-0.05, 0) is 25.3 Å². The van der Waals surface area contributed by atoms with Crippen LogP contribution in [-0.4, -0.2) is 30.7 Å². The van der Waals surface area contributed by atoms with E-state index in [2.05, 4.69) is 5.32 Å². The average Bonchev–Trinajstić information content (AvgIpc) is 2.89. The molecule has 0 aliphatic carbocycles. The van der Waals surface area contributed by atoms with Crippen LogP contribution < -0.4 is 5.32 Å². The molecule has 1 aromatic heterocycles. The number of carbonyl (C=O) groups is 2. The second kappa shape index (κ2) is 7.69. The number of hydrogen-bond acceptors (Lipinski definition) is 6. The van der Waals surface area contributed by atoms with Crippen LogP contribution in [0.3, 0.4) is 0 Å². The lowest BCUT2D eigenvalue weighted by Crippen LogP contribution is -2.40. The molecule has 1 heterocycles. The van der Waals surface area contributed by atoms with Crippen molar-refractivity contribution in [2.45, 2.75) is 26.6 Å². The summed E-state index contributed by atoms with van der Waals surface area (Å²) in [7, 11) is -3.76. The summed E-state index contributed by atoms with van der Waals surface area (Å²) in [5.74, 6) is -2.27. The summed E-state index contributed by atoms with van der Waals surface area (Å²) in [6.07, 6.45) is 0. The fraction of sp³-hybridized carbons (Fsp3) is 0.500. The van der Waals surface area contributed by atoms with Gasteiger partial charge in [-0.3, -0.25) is 14.2 Å². The fourth-order valence-corrected chi connectivity index (χ4v) is 4.22. The Labute approximate surface area is 122 Å². The van der Waals surface area contributed by atoms with Crippen molar-refractivity contribution in [2.24, 2.45) is 0 Å². The fourth-order valence-electron chi connectivity index (χ4n) is 1.58. The van der Waals surface area contributed by atoms with Crippen LogP contribution in [-0.2, 0) is 18.4 Å². The number of nitrogens with one attached hydrogen (secondary N) is 1. The number of Topliss-reactive ketones (excluding diaryl/α,β-unsaturated/α-hetero) is 1. The van der Waals surface area contributed by atoms with E-state index in [4.69, 9.17) is 9.05 Å². The predicted molar refractivity (Wildman–Crippen MR) is 77.1 cm³/mol. The third-order valence-electron chi connectivity index (χ3n) is 2.29. The molecule has 6 nitrogen and oxygen atoms in total. The van der Waals surface area contributed by atoms with Gasteiger partial charge in [0.1, 0.15) is 0 Å². The molecular weight excluding hydrogens is 301 g/mol. The van der Waals surface area contributed by atoms with Gasteiger partial charge < -0.3 is 14.4 Å². The predicted octanol–water partition coefficient (Wildman–Crippen LogP) is 2.66. The largest absolute Gasteiger partial charge is 0.360 e. The molecular formula is C12H18NO5PS. The lowest BCUT2D eigenvalue weighted by molar-refractivity contribution is -0.119. The highest BCUT2D eigenvalue weighted by Gasteiger charge is 2.42. The molecule has 1 amide bonds. The second-order valence-electron chi connectivity index (χ2n) is 3.82. The van der Waals surface area contributed by atoms with Crippen molar-refractivity contribution >= 4 is 30.6 Å². The second-order valence-corrected chi connectivity index (χ2v) is 6.88. The minimum atomic E-state index is -3.76. The number of amides is 1. The van der Waals surface area contributed by atoms with Crippen LogP contribution in [0.4, 0.5) is 0 Å². The summed E-state index contributed by atoms with van der Waals surface area (Å²) in [6.45, 7) is 4.77. The first-order valence-electron chi connectivity index (χ1n) is 6.18. The molecule has 0 unspecified atom stereocenters. The first-order chi connectivity index (χ1) is 9.44. The Balaban J connectivity index is 3.12. The zero-order valence-electron chi connectivity index (χ0n) is 11.6. The Morgan fingerprint density at radius 3 is 2.35 bits per heavy atom. The molecule has 0 spiro atoms. The van der Waals surface area contributed by atoms with Gasteiger partial charge in [0.05, 0.1) is 18.1 Å². The Hall–Kier alpha value is -1.01. The van der Waals surface area contributed by atoms with Crippen LogP contribution in [0.15, 0.2) is 17.5 Å². The average molecular weight is 319 g/mol. The van der Waals surface area contributed by atoms with Crippen LogP contribution in [0, 0.1) is 0 Å². The number of thiophene rings is 1. The lowest BCUT2D eigenvalue weighted by Gasteiger charge is -2.25. The zero-order valence-corrected chi connectivity index (χ0v) is 13.3. The Bertz CT molecular complexity index is 492. The van der Waals surface area contributed by atoms with E-state index in [1.807, 2.05) is 0 Å². The Morgan fingerprint density at radius 1 is 1.35 bits per heavy atom. The van der Waals surface area contributed by atoms with Gasteiger partial charge >= 0.3 is 7.60 Å². The number of ketones is 1. The van der Waals surface area contributed by atoms with E-state index in [1.165, 1.54) is 18.3 Å². The van der Waals surface area contributed by atoms with E-state index in [-0.39, 0.29) is 13.2 Å². The Kier molecular flexibility index (Phi) is 6.55. The van der Waals surface area contributed by atoms with Gasteiger partial charge in [-0.15, -0.1) is 11.3 Å². The summed E-state index contributed by atoms with van der Waals surface area (Å²) in [4.78, 5) is 24.1. The van der Waals surface area contributed by atoms with E-state index in [0.29, 0.717) is 4.88 Å². The van der Waals surface area contributed by atoms with E-state index in [0.717, 1.165) is 0 Å². The van der Waals surface area contributed by atoms with Crippen molar-refractivity contribution in [1.82, 2.24) is 5.32 Å². The number of carbonyl (C=O) groups excluding carboxylic acids is 2. The van der Waals surface area contributed by atoms with Crippen molar-refractivity contribution in [3.05, 3.63) is 22.4 Å². The minimum absolute atomic E-state index is 0.116. The van der Waals surface area contributed by atoms with Gasteiger partial charge in [0, 0.05) is 6.92 Å². The quantitative estimate of drug-likeness (QED) is 0.588. The van der Waals surface area contributed by atoms with Gasteiger partial charge in [-0.25, -0.2) is 0 Å². The third kappa shape index (κ3) is 4.24. The summed E-state index contributed by atoms with van der Waals surface area (Å²) in [5.41, 5.74) is 0. The molecule has 0 aromatic carbocycles. The van der Waals surface area contributed by atoms with E-state index in [9.17, 15) is 14.2 Å². The van der Waals surface area contributed by atoms with Crippen molar-refractivity contribution in [2.75, 3.05) is 13.2 Å². The van der Waals surface area contributed by atoms with E-state index in [1.54, 1.807) is 31.4 Å². The third-order valence-corrected chi connectivity index (χ3v) is 5.40. The van der Waals surface area contributed by atoms with Crippen molar-refractivity contribution in [1.29, 1.82) is 0 Å². The summed E-state index contributed by atoms with van der Waals surface area (Å²) < 4.78 is 23.0. The molecule has 0 aliphatic rings. The van der Waals surface area contributed by atoms with Gasteiger partial charge in [0.25, 0.3) is 0 Å². The molecule has 1 rings (SSSR count).